The summed E-state index contributed by atoms with van der Waals surface area (Å²) in [6.07, 6.45) is 2.29. The average molecular weight is 254 g/mol. The highest BCUT2D eigenvalue weighted by atomic mass is 79.9. The van der Waals surface area contributed by atoms with Crippen molar-refractivity contribution >= 4 is 21.7 Å². The predicted molar refractivity (Wildman–Crippen MR) is 60.2 cm³/mol. The molecule has 0 atom stereocenters. The van der Waals surface area contributed by atoms with Gasteiger partial charge in [-0.1, -0.05) is 0 Å². The third-order valence-electron chi connectivity index (χ3n) is 1.98. The number of rotatable bonds is 3. The minimum atomic E-state index is 0.512. The molecule has 14 heavy (non-hydrogen) atoms. The SMILES string of the molecule is Cc1ccnc(N(C)CCC#N)c1Br. The average Bonchev–Trinajstić information content (AvgIpc) is 2.18. The van der Waals surface area contributed by atoms with Crippen LogP contribution in [0.4, 0.5) is 5.82 Å². The molecule has 1 rings (SSSR count). The molecule has 0 bridgehead atoms. The van der Waals surface area contributed by atoms with Gasteiger partial charge in [0.2, 0.25) is 0 Å². The van der Waals surface area contributed by atoms with Gasteiger partial charge in [-0.05, 0) is 34.5 Å². The van der Waals surface area contributed by atoms with Crippen LogP contribution in [0.2, 0.25) is 0 Å². The number of nitrogens with zero attached hydrogens (tertiary/aromatic N) is 3. The van der Waals surface area contributed by atoms with E-state index in [1.807, 2.05) is 24.9 Å². The van der Waals surface area contributed by atoms with Gasteiger partial charge in [-0.2, -0.15) is 5.26 Å². The molecule has 0 aromatic carbocycles. The monoisotopic (exact) mass is 253 g/mol. The number of aryl methyl sites for hydroxylation is 1. The van der Waals surface area contributed by atoms with Gasteiger partial charge in [-0.15, -0.1) is 0 Å². The maximum Gasteiger partial charge on any atom is 0.142 e. The van der Waals surface area contributed by atoms with Crippen molar-refractivity contribution < 1.29 is 0 Å². The van der Waals surface area contributed by atoms with Crippen molar-refractivity contribution in [2.45, 2.75) is 13.3 Å². The molecule has 1 heterocycles. The van der Waals surface area contributed by atoms with Crippen LogP contribution >= 0.6 is 15.9 Å². The normalized spacial score (nSPS) is 9.57. The first kappa shape index (κ1) is 11.0. The summed E-state index contributed by atoms with van der Waals surface area (Å²) in [5.41, 5.74) is 1.15. The zero-order chi connectivity index (χ0) is 10.6. The fourth-order valence-electron chi connectivity index (χ4n) is 1.12. The van der Waals surface area contributed by atoms with E-state index in [2.05, 4.69) is 27.0 Å². The molecular weight excluding hydrogens is 242 g/mol. The van der Waals surface area contributed by atoms with E-state index in [-0.39, 0.29) is 0 Å². The van der Waals surface area contributed by atoms with Crippen LogP contribution in [0.1, 0.15) is 12.0 Å². The van der Waals surface area contributed by atoms with E-state index in [0.29, 0.717) is 13.0 Å². The van der Waals surface area contributed by atoms with Crippen molar-refractivity contribution in [3.8, 4) is 6.07 Å². The second-order valence-electron chi connectivity index (χ2n) is 3.10. The van der Waals surface area contributed by atoms with E-state index in [1.165, 1.54) is 0 Å². The molecule has 74 valence electrons. The Kier molecular flexibility index (Phi) is 3.90. The van der Waals surface area contributed by atoms with E-state index in [1.54, 1.807) is 6.20 Å². The number of nitriles is 1. The van der Waals surface area contributed by atoms with Crippen molar-refractivity contribution in [3.63, 3.8) is 0 Å². The molecule has 0 radical (unpaired) electrons. The standard InChI is InChI=1S/C10H12BrN3/c1-8-4-6-13-10(9(8)11)14(2)7-3-5-12/h4,6H,3,7H2,1-2H3. The Morgan fingerprint density at radius 1 is 1.64 bits per heavy atom. The lowest BCUT2D eigenvalue weighted by Gasteiger charge is -2.18. The third-order valence-corrected chi connectivity index (χ3v) is 2.96. The molecule has 0 fully saturated rings. The van der Waals surface area contributed by atoms with E-state index >= 15 is 0 Å². The Labute approximate surface area is 92.5 Å². The summed E-state index contributed by atoms with van der Waals surface area (Å²) in [7, 11) is 1.93. The summed E-state index contributed by atoms with van der Waals surface area (Å²) >= 11 is 3.49. The van der Waals surface area contributed by atoms with E-state index < -0.39 is 0 Å². The topological polar surface area (TPSA) is 39.9 Å². The van der Waals surface area contributed by atoms with Gasteiger partial charge in [0.05, 0.1) is 17.0 Å². The van der Waals surface area contributed by atoms with Gasteiger partial charge in [0.25, 0.3) is 0 Å². The minimum Gasteiger partial charge on any atom is -0.358 e. The van der Waals surface area contributed by atoms with Crippen LogP contribution in [0.3, 0.4) is 0 Å². The van der Waals surface area contributed by atoms with Crippen LogP contribution in [-0.2, 0) is 0 Å². The quantitative estimate of drug-likeness (QED) is 0.831. The van der Waals surface area contributed by atoms with Crippen LogP contribution in [-0.4, -0.2) is 18.6 Å². The molecule has 0 aliphatic rings. The number of hydrogen-bond acceptors (Lipinski definition) is 3. The molecule has 0 N–H and O–H groups in total. The molecule has 1 aromatic rings. The lowest BCUT2D eigenvalue weighted by atomic mass is 10.3. The second kappa shape index (κ2) is 4.97. The molecule has 0 saturated heterocycles. The first-order valence-electron chi connectivity index (χ1n) is 4.36. The van der Waals surface area contributed by atoms with Gasteiger partial charge < -0.3 is 4.90 Å². The zero-order valence-electron chi connectivity index (χ0n) is 8.29. The lowest BCUT2D eigenvalue weighted by Crippen LogP contribution is -2.19. The van der Waals surface area contributed by atoms with E-state index in [4.69, 9.17) is 5.26 Å². The molecule has 0 unspecified atom stereocenters. The number of aromatic nitrogens is 1. The molecular formula is C10H12BrN3. The van der Waals surface area contributed by atoms with Crippen molar-refractivity contribution in [3.05, 3.63) is 22.3 Å². The molecule has 0 saturated carbocycles. The Hall–Kier alpha value is -1.08. The number of pyridine rings is 1. The predicted octanol–water partition coefficient (Wildman–Crippen LogP) is 2.50. The highest BCUT2D eigenvalue weighted by Crippen LogP contribution is 2.25. The summed E-state index contributed by atoms with van der Waals surface area (Å²) in [6.45, 7) is 2.72. The number of anilines is 1. The van der Waals surface area contributed by atoms with Gasteiger partial charge >= 0.3 is 0 Å². The molecule has 3 nitrogen and oxygen atoms in total. The van der Waals surface area contributed by atoms with Crippen molar-refractivity contribution in [2.24, 2.45) is 0 Å². The van der Waals surface area contributed by atoms with Gasteiger partial charge in [0, 0.05) is 19.8 Å². The fourth-order valence-corrected chi connectivity index (χ4v) is 1.65. The smallest absolute Gasteiger partial charge is 0.142 e. The molecule has 4 heteroatoms. The summed E-state index contributed by atoms with van der Waals surface area (Å²) in [5, 5.41) is 8.48. The first-order valence-corrected chi connectivity index (χ1v) is 5.15. The Bertz CT molecular complexity index is 357. The number of hydrogen-bond donors (Lipinski definition) is 0. The van der Waals surface area contributed by atoms with Crippen LogP contribution in [0.5, 0.6) is 0 Å². The van der Waals surface area contributed by atoms with Gasteiger partial charge in [-0.3, -0.25) is 0 Å². The lowest BCUT2D eigenvalue weighted by molar-refractivity contribution is 0.880. The highest BCUT2D eigenvalue weighted by molar-refractivity contribution is 9.10. The third kappa shape index (κ3) is 2.46. The fraction of sp³-hybridized carbons (Fsp3) is 0.400. The summed E-state index contributed by atoms with van der Waals surface area (Å²) in [6, 6.07) is 4.07. The molecule has 0 spiro atoms. The van der Waals surface area contributed by atoms with Crippen LogP contribution in [0, 0.1) is 18.3 Å². The minimum absolute atomic E-state index is 0.512. The van der Waals surface area contributed by atoms with Crippen molar-refractivity contribution in [1.29, 1.82) is 5.26 Å². The van der Waals surface area contributed by atoms with Gasteiger partial charge in [0.1, 0.15) is 5.82 Å². The van der Waals surface area contributed by atoms with Crippen LogP contribution in [0.15, 0.2) is 16.7 Å². The van der Waals surface area contributed by atoms with Crippen LogP contribution in [0.25, 0.3) is 0 Å². The van der Waals surface area contributed by atoms with Gasteiger partial charge in [0.15, 0.2) is 0 Å². The molecule has 0 amide bonds. The molecule has 0 aliphatic heterocycles. The highest BCUT2D eigenvalue weighted by Gasteiger charge is 2.08. The first-order chi connectivity index (χ1) is 6.66. The summed E-state index contributed by atoms with van der Waals surface area (Å²) in [4.78, 5) is 6.23. The maximum atomic E-state index is 8.48. The number of halogens is 1. The van der Waals surface area contributed by atoms with Gasteiger partial charge in [-0.25, -0.2) is 4.98 Å². The zero-order valence-corrected chi connectivity index (χ0v) is 9.87. The maximum absolute atomic E-state index is 8.48. The van der Waals surface area contributed by atoms with Crippen LogP contribution < -0.4 is 4.90 Å². The van der Waals surface area contributed by atoms with Crippen molar-refractivity contribution in [2.75, 3.05) is 18.5 Å². The van der Waals surface area contributed by atoms with Crippen molar-refractivity contribution in [1.82, 2.24) is 4.98 Å². The Morgan fingerprint density at radius 2 is 2.36 bits per heavy atom. The Balaban J connectivity index is 2.85. The molecule has 0 aliphatic carbocycles. The largest absolute Gasteiger partial charge is 0.358 e. The van der Waals surface area contributed by atoms with E-state index in [9.17, 15) is 0 Å². The van der Waals surface area contributed by atoms with E-state index in [0.717, 1.165) is 15.9 Å². The second-order valence-corrected chi connectivity index (χ2v) is 3.89. The summed E-state index contributed by atoms with van der Waals surface area (Å²) in [5.74, 6) is 0.889. The molecule has 1 aromatic heterocycles. The Morgan fingerprint density at radius 3 is 3.00 bits per heavy atom. The summed E-state index contributed by atoms with van der Waals surface area (Å²) < 4.78 is 1.00.